The van der Waals surface area contributed by atoms with Crippen LogP contribution in [0.15, 0.2) is 83.7 Å². The van der Waals surface area contributed by atoms with E-state index in [4.69, 9.17) is 4.98 Å². The highest BCUT2D eigenvalue weighted by atomic mass is 16.4. The highest BCUT2D eigenvalue weighted by Gasteiger charge is 2.39. The highest BCUT2D eigenvalue weighted by molar-refractivity contribution is 6.18. The minimum Gasteiger partial charge on any atom is -0.481 e. The minimum atomic E-state index is -0.762. The Labute approximate surface area is 267 Å². The van der Waals surface area contributed by atoms with Crippen molar-refractivity contribution in [1.82, 2.24) is 9.38 Å². The van der Waals surface area contributed by atoms with Crippen molar-refractivity contribution < 1.29 is 9.90 Å². The molecule has 0 spiro atoms. The topological polar surface area (TPSA) is 71.7 Å². The van der Waals surface area contributed by atoms with Crippen LogP contribution in [0.4, 0.5) is 0 Å². The summed E-state index contributed by atoms with van der Waals surface area (Å²) in [6.07, 6.45) is 2.46. The number of carbonyl (C=O) groups is 1. The molecule has 1 N–H and O–H groups in total. The largest absolute Gasteiger partial charge is 0.481 e. The lowest BCUT2D eigenvalue weighted by atomic mass is 9.65. The first-order valence-electron chi connectivity index (χ1n) is 16.6. The molecule has 5 nitrogen and oxygen atoms in total. The number of nitrogens with zero attached hydrogens (tertiary/aromatic N) is 2. The highest BCUT2D eigenvalue weighted by Crippen LogP contribution is 2.52. The summed E-state index contributed by atoms with van der Waals surface area (Å²) >= 11 is 0. The lowest BCUT2D eigenvalue weighted by molar-refractivity contribution is -0.138. The Morgan fingerprint density at radius 3 is 2.26 bits per heavy atom. The van der Waals surface area contributed by atoms with Gasteiger partial charge in [0.25, 0.3) is 5.56 Å². The van der Waals surface area contributed by atoms with Crippen molar-refractivity contribution in [2.75, 3.05) is 0 Å². The number of benzene rings is 5. The van der Waals surface area contributed by atoms with Crippen molar-refractivity contribution in [2.45, 2.75) is 77.0 Å². The predicted molar refractivity (Wildman–Crippen MR) is 188 cm³/mol. The molecule has 2 heterocycles. The van der Waals surface area contributed by atoms with Crippen molar-refractivity contribution >= 4 is 55.0 Å². The van der Waals surface area contributed by atoms with Gasteiger partial charge in [0.2, 0.25) is 0 Å². The molecule has 2 aromatic heterocycles. The van der Waals surface area contributed by atoms with Gasteiger partial charge in [0.15, 0.2) is 0 Å². The molecule has 230 valence electrons. The lowest BCUT2D eigenvalue weighted by Crippen LogP contribution is -2.29. The van der Waals surface area contributed by atoms with Gasteiger partial charge >= 0.3 is 5.97 Å². The molecule has 0 saturated carbocycles. The first-order chi connectivity index (χ1) is 22.2. The van der Waals surface area contributed by atoms with Crippen LogP contribution in [-0.4, -0.2) is 20.5 Å². The van der Waals surface area contributed by atoms with Gasteiger partial charge in [-0.15, -0.1) is 0 Å². The van der Waals surface area contributed by atoms with E-state index in [0.29, 0.717) is 5.65 Å². The normalized spacial score (nSPS) is 18.2. The van der Waals surface area contributed by atoms with Gasteiger partial charge in [-0.2, -0.15) is 0 Å². The average molecular weight is 607 g/mol. The molecule has 5 heteroatoms. The number of para-hydroxylation sites is 2. The molecule has 46 heavy (non-hydrogen) atoms. The maximum atomic E-state index is 14.3. The van der Waals surface area contributed by atoms with Crippen LogP contribution in [0.25, 0.3) is 49.0 Å². The Kier molecular flexibility index (Phi) is 6.15. The summed E-state index contributed by atoms with van der Waals surface area (Å²) in [5, 5.41) is 16.3. The Morgan fingerprint density at radius 2 is 1.52 bits per heavy atom. The summed E-state index contributed by atoms with van der Waals surface area (Å²) in [6, 6.07) is 27.6. The molecule has 0 radical (unpaired) electrons. The fraction of sp³-hybridized carbons (Fsp3) is 0.293. The van der Waals surface area contributed by atoms with Crippen LogP contribution < -0.4 is 5.56 Å². The van der Waals surface area contributed by atoms with E-state index in [1.807, 2.05) is 30.3 Å². The zero-order valence-electron chi connectivity index (χ0n) is 27.1. The number of aromatic nitrogens is 2. The fourth-order valence-electron chi connectivity index (χ4n) is 8.92. The van der Waals surface area contributed by atoms with Crippen molar-refractivity contribution in [3.05, 3.63) is 117 Å². The molecule has 0 bridgehead atoms. The first-order valence-corrected chi connectivity index (χ1v) is 16.6. The smallest absolute Gasteiger partial charge is 0.304 e. The van der Waals surface area contributed by atoms with E-state index in [1.54, 1.807) is 4.40 Å². The second-order valence-corrected chi connectivity index (χ2v) is 13.6. The number of rotatable bonds is 6. The van der Waals surface area contributed by atoms with Crippen LogP contribution >= 0.6 is 0 Å². The van der Waals surface area contributed by atoms with Gasteiger partial charge < -0.3 is 5.11 Å². The molecule has 1 aliphatic rings. The van der Waals surface area contributed by atoms with Crippen LogP contribution in [0.5, 0.6) is 0 Å². The van der Waals surface area contributed by atoms with Gasteiger partial charge in [-0.1, -0.05) is 95.3 Å². The number of imidazole rings is 1. The second kappa shape index (κ2) is 9.86. The molecule has 7 aromatic rings. The van der Waals surface area contributed by atoms with Gasteiger partial charge in [-0.25, -0.2) is 4.98 Å². The van der Waals surface area contributed by atoms with Crippen molar-refractivity contribution in [2.24, 2.45) is 0 Å². The van der Waals surface area contributed by atoms with Gasteiger partial charge in [0.05, 0.1) is 17.5 Å². The number of carboxylic acid groups (broad SMARTS) is 1. The van der Waals surface area contributed by atoms with E-state index >= 15 is 0 Å². The molecular formula is C41H38N2O3. The summed E-state index contributed by atoms with van der Waals surface area (Å²) in [5.74, 6) is -0.725. The summed E-state index contributed by atoms with van der Waals surface area (Å²) in [4.78, 5) is 31.4. The zero-order valence-corrected chi connectivity index (χ0v) is 27.1. The summed E-state index contributed by atoms with van der Waals surface area (Å²) in [6.45, 7) is 11.1. The Morgan fingerprint density at radius 1 is 0.826 bits per heavy atom. The second-order valence-electron chi connectivity index (χ2n) is 13.6. The van der Waals surface area contributed by atoms with Gasteiger partial charge in [-0.3, -0.25) is 14.0 Å². The molecular weight excluding hydrogens is 568 g/mol. The maximum Gasteiger partial charge on any atom is 0.304 e. The molecule has 0 fully saturated rings. The van der Waals surface area contributed by atoms with Crippen LogP contribution in [0.2, 0.25) is 0 Å². The van der Waals surface area contributed by atoms with Crippen molar-refractivity contribution in [1.29, 1.82) is 0 Å². The van der Waals surface area contributed by atoms with E-state index in [2.05, 4.69) is 83.1 Å². The van der Waals surface area contributed by atoms with E-state index in [9.17, 15) is 14.7 Å². The standard InChI is InChI=1S/C41H38N2O3/c1-6-40(5)30-13-11-12-26-29(41(7-2,8-3)22-34(44)45)20-18-24(35(26)30)23(4)25-16-17-28-36-27(19-21-31(40)37(25)36)38-42-32-14-9-10-15-33(32)43(38)39(28)46/h9-21,23H,6-8,22H2,1-5H3,(H,44,45). The maximum absolute atomic E-state index is 14.3. The number of hydrogen-bond donors (Lipinski definition) is 1. The van der Waals surface area contributed by atoms with Gasteiger partial charge in [-0.05, 0) is 81.4 Å². The number of hydrogen-bond acceptors (Lipinski definition) is 3. The number of aliphatic carboxylic acids is 1. The Balaban J connectivity index is 1.52. The fourth-order valence-corrected chi connectivity index (χ4v) is 8.92. The van der Waals surface area contributed by atoms with E-state index in [-0.39, 0.29) is 23.3 Å². The zero-order chi connectivity index (χ0) is 32.1. The van der Waals surface area contributed by atoms with E-state index in [1.165, 1.54) is 27.6 Å². The van der Waals surface area contributed by atoms with Crippen LogP contribution in [0.1, 0.15) is 94.0 Å². The summed E-state index contributed by atoms with van der Waals surface area (Å²) < 4.78 is 1.78. The molecule has 2 atom stereocenters. The number of fused-ring (bicyclic) bond motifs is 4. The van der Waals surface area contributed by atoms with Gasteiger partial charge in [0, 0.05) is 32.9 Å². The van der Waals surface area contributed by atoms with Crippen molar-refractivity contribution in [3.63, 3.8) is 0 Å². The molecule has 0 aliphatic heterocycles. The Bertz CT molecular complexity index is 2450. The number of pyridine rings is 1. The quantitative estimate of drug-likeness (QED) is 0.205. The minimum absolute atomic E-state index is 0.0335. The monoisotopic (exact) mass is 606 g/mol. The summed E-state index contributed by atoms with van der Waals surface area (Å²) in [7, 11) is 0. The first kappa shape index (κ1) is 28.7. The SMILES string of the molecule is CCC(CC)(CC(=O)O)c1ccc2c3c(cccc13)C(C)(CC)c1ccc3c4c1c(ccc4c(=O)n1c4ccccc4nc31)C2C. The average Bonchev–Trinajstić information content (AvgIpc) is 3.47. The van der Waals surface area contributed by atoms with E-state index < -0.39 is 11.4 Å². The third-order valence-corrected chi connectivity index (χ3v) is 11.7. The van der Waals surface area contributed by atoms with Crippen LogP contribution in [-0.2, 0) is 15.6 Å². The summed E-state index contributed by atoms with van der Waals surface area (Å²) in [5.41, 5.74) is 7.55. The molecule has 2 unspecified atom stereocenters. The molecule has 5 aromatic carbocycles. The third kappa shape index (κ3) is 3.54. The van der Waals surface area contributed by atoms with Crippen molar-refractivity contribution in [3.8, 4) is 0 Å². The molecule has 1 aliphatic carbocycles. The molecule has 8 rings (SSSR count). The lowest BCUT2D eigenvalue weighted by Gasteiger charge is -2.38. The van der Waals surface area contributed by atoms with Crippen LogP contribution in [0, 0.1) is 0 Å². The predicted octanol–water partition coefficient (Wildman–Crippen LogP) is 9.46. The number of carboxylic acids is 1. The Hall–Kier alpha value is -4.77. The molecule has 0 saturated heterocycles. The van der Waals surface area contributed by atoms with Gasteiger partial charge in [0.1, 0.15) is 5.65 Å². The van der Waals surface area contributed by atoms with E-state index in [0.717, 1.165) is 62.8 Å². The third-order valence-electron chi connectivity index (χ3n) is 11.7. The van der Waals surface area contributed by atoms with Crippen LogP contribution in [0.3, 0.4) is 0 Å². The molecule has 0 amide bonds.